The normalized spacial score (nSPS) is 14.5. The summed E-state index contributed by atoms with van der Waals surface area (Å²) in [7, 11) is 3.21. The number of nitrogens with one attached hydrogen (secondary N) is 2. The van der Waals surface area contributed by atoms with E-state index in [1.165, 1.54) is 0 Å². The Morgan fingerprint density at radius 3 is 2.40 bits per heavy atom. The second kappa shape index (κ2) is 11.7. The number of rotatable bonds is 6. The molecular weight excluding hydrogens is 568 g/mol. The van der Waals surface area contributed by atoms with Crippen molar-refractivity contribution < 1.29 is 9.47 Å². The standard InChI is InChI=1S/C33H27ClN4O3S/c1-40-28-14-8-12-24(31(28)41-2)27-19-26(37-38(27)33(42)35-22-9-4-3-5-10-22)30-29(20-15-17-21(34)18-16-20)23-11-6-7-13-25(23)36-32(30)39/h3-18,27H,19H2,1-2H3,(H,35,42)(H,36,39). The number of benzene rings is 4. The molecule has 1 aliphatic heterocycles. The van der Waals surface area contributed by atoms with Crippen molar-refractivity contribution in [3.8, 4) is 22.6 Å². The van der Waals surface area contributed by atoms with E-state index in [0.29, 0.717) is 39.3 Å². The van der Waals surface area contributed by atoms with Crippen molar-refractivity contribution in [2.45, 2.75) is 12.5 Å². The van der Waals surface area contributed by atoms with Crippen LogP contribution in [-0.2, 0) is 0 Å². The molecular formula is C33H27ClN4O3S. The molecule has 210 valence electrons. The molecule has 6 rings (SSSR count). The molecule has 0 bridgehead atoms. The van der Waals surface area contributed by atoms with Gasteiger partial charge < -0.3 is 19.8 Å². The molecule has 1 atom stereocenters. The fourth-order valence-electron chi connectivity index (χ4n) is 5.40. The molecule has 5 aromatic rings. The topological polar surface area (TPSA) is 79.0 Å². The van der Waals surface area contributed by atoms with Crippen LogP contribution in [0, 0.1) is 0 Å². The number of hydrogen-bond donors (Lipinski definition) is 2. The van der Waals surface area contributed by atoms with Crippen molar-refractivity contribution >= 4 is 51.2 Å². The third kappa shape index (κ3) is 5.11. The maximum Gasteiger partial charge on any atom is 0.258 e. The van der Waals surface area contributed by atoms with Gasteiger partial charge in [0.1, 0.15) is 0 Å². The molecule has 0 amide bonds. The molecule has 2 N–H and O–H groups in total. The summed E-state index contributed by atoms with van der Waals surface area (Å²) in [5.74, 6) is 1.18. The van der Waals surface area contributed by atoms with Gasteiger partial charge in [-0.15, -0.1) is 0 Å². The first kappa shape index (κ1) is 27.5. The Balaban J connectivity index is 1.54. The highest BCUT2D eigenvalue weighted by molar-refractivity contribution is 7.80. The van der Waals surface area contributed by atoms with Gasteiger partial charge in [-0.25, -0.2) is 5.01 Å². The molecule has 4 aromatic carbocycles. The Morgan fingerprint density at radius 2 is 1.67 bits per heavy atom. The Kier molecular flexibility index (Phi) is 7.65. The second-order valence-electron chi connectivity index (χ2n) is 9.75. The van der Waals surface area contributed by atoms with Crippen molar-refractivity contribution in [3.05, 3.63) is 124 Å². The molecule has 1 unspecified atom stereocenters. The van der Waals surface area contributed by atoms with Crippen LogP contribution >= 0.6 is 23.8 Å². The van der Waals surface area contributed by atoms with E-state index in [0.717, 1.165) is 33.3 Å². The number of ether oxygens (including phenoxy) is 2. The van der Waals surface area contributed by atoms with Crippen LogP contribution in [0.3, 0.4) is 0 Å². The molecule has 1 aromatic heterocycles. The van der Waals surface area contributed by atoms with Crippen LogP contribution in [0.5, 0.6) is 11.5 Å². The number of fused-ring (bicyclic) bond motifs is 1. The van der Waals surface area contributed by atoms with Crippen molar-refractivity contribution in [2.75, 3.05) is 19.5 Å². The number of hydrogen-bond acceptors (Lipinski definition) is 5. The van der Waals surface area contributed by atoms with Gasteiger partial charge in [0.15, 0.2) is 16.6 Å². The van der Waals surface area contributed by atoms with E-state index in [1.54, 1.807) is 19.2 Å². The Hall–Kier alpha value is -4.66. The Morgan fingerprint density at radius 1 is 0.929 bits per heavy atom. The number of H-pyrrole nitrogens is 1. The van der Waals surface area contributed by atoms with Crippen LogP contribution in [0.15, 0.2) is 107 Å². The minimum absolute atomic E-state index is 0.238. The summed E-state index contributed by atoms with van der Waals surface area (Å²) in [6, 6.07) is 30.2. The first-order valence-corrected chi connectivity index (χ1v) is 14.1. The lowest BCUT2D eigenvalue weighted by Gasteiger charge is -2.26. The summed E-state index contributed by atoms with van der Waals surface area (Å²) < 4.78 is 11.4. The average molecular weight is 595 g/mol. The van der Waals surface area contributed by atoms with Gasteiger partial charge >= 0.3 is 0 Å². The molecule has 9 heteroatoms. The third-order valence-corrected chi connectivity index (χ3v) is 7.82. The molecule has 0 saturated carbocycles. The zero-order chi connectivity index (χ0) is 29.2. The van der Waals surface area contributed by atoms with Crippen molar-refractivity contribution in [3.63, 3.8) is 0 Å². The highest BCUT2D eigenvalue weighted by atomic mass is 35.5. The lowest BCUT2D eigenvalue weighted by Crippen LogP contribution is -2.31. The summed E-state index contributed by atoms with van der Waals surface area (Å²) in [5.41, 5.74) is 4.87. The van der Waals surface area contributed by atoms with Crippen molar-refractivity contribution in [1.29, 1.82) is 0 Å². The smallest absolute Gasteiger partial charge is 0.258 e. The minimum atomic E-state index is -0.377. The molecule has 0 saturated heterocycles. The molecule has 42 heavy (non-hydrogen) atoms. The molecule has 7 nitrogen and oxygen atoms in total. The van der Waals surface area contributed by atoms with Crippen molar-refractivity contribution in [1.82, 2.24) is 9.99 Å². The molecule has 0 aliphatic carbocycles. The zero-order valence-electron chi connectivity index (χ0n) is 22.9. The molecule has 0 fully saturated rings. The number of hydrazone groups is 1. The van der Waals surface area contributed by atoms with Crippen LogP contribution in [0.1, 0.15) is 23.6 Å². The summed E-state index contributed by atoms with van der Waals surface area (Å²) in [5, 5.41) is 12.0. The van der Waals surface area contributed by atoms with E-state index in [-0.39, 0.29) is 11.6 Å². The van der Waals surface area contributed by atoms with Gasteiger partial charge in [-0.1, -0.05) is 72.3 Å². The van der Waals surface area contributed by atoms with Crippen molar-refractivity contribution in [2.24, 2.45) is 5.10 Å². The first-order chi connectivity index (χ1) is 20.5. The fourth-order valence-corrected chi connectivity index (χ4v) is 5.81. The number of anilines is 1. The van der Waals surface area contributed by atoms with Gasteiger partial charge in [-0.05, 0) is 54.2 Å². The lowest BCUT2D eigenvalue weighted by molar-refractivity contribution is 0.327. The number of aromatic amines is 1. The van der Waals surface area contributed by atoms with E-state index in [9.17, 15) is 4.79 Å². The molecule has 1 aliphatic rings. The zero-order valence-corrected chi connectivity index (χ0v) is 24.5. The van der Waals surface area contributed by atoms with Crippen LogP contribution in [0.4, 0.5) is 5.69 Å². The third-order valence-electron chi connectivity index (χ3n) is 7.28. The highest BCUT2D eigenvalue weighted by Crippen LogP contribution is 2.43. The quantitative estimate of drug-likeness (QED) is 0.199. The van der Waals surface area contributed by atoms with Crippen LogP contribution in [0.2, 0.25) is 5.02 Å². The number of para-hydroxylation sites is 3. The van der Waals surface area contributed by atoms with Gasteiger partial charge in [0.05, 0.1) is 31.5 Å². The van der Waals surface area contributed by atoms with E-state index < -0.39 is 0 Å². The van der Waals surface area contributed by atoms with E-state index >= 15 is 0 Å². The maximum atomic E-state index is 13.8. The Bertz CT molecular complexity index is 1870. The second-order valence-corrected chi connectivity index (χ2v) is 10.6. The van der Waals surface area contributed by atoms with Gasteiger partial charge in [0.2, 0.25) is 0 Å². The van der Waals surface area contributed by atoms with Crippen LogP contribution < -0.4 is 20.3 Å². The van der Waals surface area contributed by atoms with Gasteiger partial charge in [-0.3, -0.25) is 4.79 Å². The maximum absolute atomic E-state index is 13.8. The summed E-state index contributed by atoms with van der Waals surface area (Å²) in [6.45, 7) is 0. The average Bonchev–Trinajstić information content (AvgIpc) is 3.46. The molecule has 0 radical (unpaired) electrons. The summed E-state index contributed by atoms with van der Waals surface area (Å²) >= 11 is 12.1. The summed E-state index contributed by atoms with van der Waals surface area (Å²) in [6.07, 6.45) is 0.391. The highest BCUT2D eigenvalue weighted by Gasteiger charge is 2.36. The number of thiocarbonyl (C=S) groups is 1. The molecule has 2 heterocycles. The lowest BCUT2D eigenvalue weighted by atomic mass is 9.91. The van der Waals surface area contributed by atoms with Gasteiger partial charge in [-0.2, -0.15) is 5.10 Å². The van der Waals surface area contributed by atoms with E-state index in [2.05, 4.69) is 10.3 Å². The van der Waals surface area contributed by atoms with E-state index in [1.807, 2.05) is 97.1 Å². The number of methoxy groups -OCH3 is 2. The minimum Gasteiger partial charge on any atom is -0.493 e. The number of aromatic nitrogens is 1. The molecule has 0 spiro atoms. The fraction of sp³-hybridized carbons (Fsp3) is 0.121. The predicted molar refractivity (Wildman–Crippen MR) is 173 cm³/mol. The van der Waals surface area contributed by atoms with E-state index in [4.69, 9.17) is 38.4 Å². The number of pyridine rings is 1. The van der Waals surface area contributed by atoms with Gasteiger partial charge in [0, 0.05) is 39.2 Å². The van der Waals surface area contributed by atoms with Gasteiger partial charge in [0.25, 0.3) is 5.56 Å². The SMILES string of the molecule is COc1cccc(C2CC(c3c(-c4ccc(Cl)cc4)c4ccccc4[nH]c3=O)=NN2C(=S)Nc2ccccc2)c1OC. The van der Waals surface area contributed by atoms with Crippen LogP contribution in [0.25, 0.3) is 22.0 Å². The Labute approximate surface area is 253 Å². The monoisotopic (exact) mass is 594 g/mol. The first-order valence-electron chi connectivity index (χ1n) is 13.3. The number of nitrogens with zero attached hydrogens (tertiary/aromatic N) is 2. The largest absolute Gasteiger partial charge is 0.493 e. The van der Waals surface area contributed by atoms with Crippen LogP contribution in [-0.4, -0.2) is 35.0 Å². The number of halogens is 1. The predicted octanol–water partition coefficient (Wildman–Crippen LogP) is 7.41. The summed E-state index contributed by atoms with van der Waals surface area (Å²) in [4.78, 5) is 16.9.